The van der Waals surface area contributed by atoms with Crippen LogP contribution in [0.3, 0.4) is 0 Å². The van der Waals surface area contributed by atoms with Gasteiger partial charge in [-0.2, -0.15) is 0 Å². The fourth-order valence-corrected chi connectivity index (χ4v) is 4.23. The number of hydrogen-bond acceptors (Lipinski definition) is 7. The van der Waals surface area contributed by atoms with E-state index in [2.05, 4.69) is 32.5 Å². The number of aromatic nitrogens is 2. The molecule has 0 bridgehead atoms. The molecule has 1 aliphatic rings. The molecule has 2 heterocycles. The minimum Gasteiger partial charge on any atom is -0.378 e. The van der Waals surface area contributed by atoms with E-state index in [0.717, 1.165) is 12.1 Å². The maximum absolute atomic E-state index is 14.6. The predicted octanol–water partition coefficient (Wildman–Crippen LogP) is 6.01. The fourth-order valence-electron chi connectivity index (χ4n) is 4.23. The molecule has 5 rings (SSSR count). The highest BCUT2D eigenvalue weighted by molar-refractivity contribution is 5.99. The highest BCUT2D eigenvalue weighted by atomic mass is 19.1. The Labute approximate surface area is 228 Å². The van der Waals surface area contributed by atoms with Gasteiger partial charge < -0.3 is 25.6 Å². The summed E-state index contributed by atoms with van der Waals surface area (Å²) < 4.78 is 48.4. The molecule has 1 fully saturated rings. The Kier molecular flexibility index (Phi) is 7.92. The Morgan fingerprint density at radius 3 is 2.48 bits per heavy atom. The summed E-state index contributed by atoms with van der Waals surface area (Å²) in [4.78, 5) is 22.7. The highest BCUT2D eigenvalue weighted by Crippen LogP contribution is 2.33. The number of anilines is 6. The van der Waals surface area contributed by atoms with Crippen LogP contribution in [0.15, 0.2) is 79.5 Å². The number of carbonyl (C=O) groups is 1. The van der Waals surface area contributed by atoms with Crippen LogP contribution < -0.4 is 20.9 Å². The molecule has 1 aliphatic heterocycles. The molecular formula is C29H25F3N6O2. The van der Waals surface area contributed by atoms with Gasteiger partial charge in [-0.05, 0) is 60.7 Å². The zero-order valence-electron chi connectivity index (χ0n) is 21.3. The summed E-state index contributed by atoms with van der Waals surface area (Å²) >= 11 is 0. The van der Waals surface area contributed by atoms with Gasteiger partial charge in [0.2, 0.25) is 11.9 Å². The molecule has 1 aromatic heterocycles. The lowest BCUT2D eigenvalue weighted by Gasteiger charge is -2.29. The van der Waals surface area contributed by atoms with Crippen LogP contribution >= 0.6 is 0 Å². The second-order valence-electron chi connectivity index (χ2n) is 8.90. The third-order valence-corrected chi connectivity index (χ3v) is 6.07. The first-order chi connectivity index (χ1) is 19.4. The van der Waals surface area contributed by atoms with E-state index in [9.17, 15) is 18.0 Å². The zero-order valence-corrected chi connectivity index (χ0v) is 21.3. The molecule has 4 aromatic rings. The van der Waals surface area contributed by atoms with Crippen LogP contribution in [0, 0.1) is 17.5 Å². The first kappa shape index (κ1) is 26.7. The van der Waals surface area contributed by atoms with Gasteiger partial charge in [-0.3, -0.25) is 4.79 Å². The summed E-state index contributed by atoms with van der Waals surface area (Å²) in [6.07, 6.45) is 2.54. The van der Waals surface area contributed by atoms with Crippen molar-refractivity contribution in [2.45, 2.75) is 0 Å². The Hall–Kier alpha value is -4.90. The Balaban J connectivity index is 1.52. The Morgan fingerprint density at radius 2 is 1.70 bits per heavy atom. The quantitative estimate of drug-likeness (QED) is 0.233. The van der Waals surface area contributed by atoms with Crippen molar-refractivity contribution in [2.75, 3.05) is 47.2 Å². The van der Waals surface area contributed by atoms with Crippen molar-refractivity contribution >= 4 is 40.3 Å². The van der Waals surface area contributed by atoms with Crippen molar-refractivity contribution in [1.29, 1.82) is 0 Å². The summed E-state index contributed by atoms with van der Waals surface area (Å²) in [7, 11) is 0. The number of halogens is 3. The zero-order chi connectivity index (χ0) is 28.1. The number of hydrogen-bond donors (Lipinski definition) is 3. The van der Waals surface area contributed by atoms with Gasteiger partial charge in [-0.25, -0.2) is 23.1 Å². The molecule has 8 nitrogen and oxygen atoms in total. The van der Waals surface area contributed by atoms with Gasteiger partial charge in [-0.15, -0.1) is 0 Å². The lowest BCUT2D eigenvalue weighted by atomic mass is 10.1. The first-order valence-corrected chi connectivity index (χ1v) is 12.4. The van der Waals surface area contributed by atoms with E-state index >= 15 is 0 Å². The van der Waals surface area contributed by atoms with E-state index in [1.54, 1.807) is 30.3 Å². The van der Waals surface area contributed by atoms with E-state index in [1.165, 1.54) is 30.5 Å². The van der Waals surface area contributed by atoms with Crippen molar-refractivity contribution in [3.63, 3.8) is 0 Å². The standard InChI is InChI=1S/C29H25F3N6O2/c1-2-27(39)35-23-13-18(12-20(31)15-23)28-25(34-21-5-3-4-19(30)14-21)17-33-29(37-28)36-22-6-7-24(32)26(16-22)38-8-10-40-11-9-38/h2-7,12-17,34H,1,8-11H2,(H,35,39)(H,33,36,37). The van der Waals surface area contributed by atoms with Gasteiger partial charge in [0, 0.05) is 35.7 Å². The van der Waals surface area contributed by atoms with Crippen molar-refractivity contribution in [3.8, 4) is 11.3 Å². The molecule has 0 radical (unpaired) electrons. The van der Waals surface area contributed by atoms with Crippen molar-refractivity contribution in [3.05, 3.63) is 97.0 Å². The molecular weight excluding hydrogens is 521 g/mol. The summed E-state index contributed by atoms with van der Waals surface area (Å²) in [5.74, 6) is -1.78. The summed E-state index contributed by atoms with van der Waals surface area (Å²) in [5.41, 5.74) is 2.52. The minimum atomic E-state index is -0.615. The SMILES string of the molecule is C=CC(=O)Nc1cc(F)cc(-c2nc(Nc3ccc(F)c(N4CCOCC4)c3)ncc2Nc2cccc(F)c2)c1. The molecule has 3 aromatic carbocycles. The summed E-state index contributed by atoms with van der Waals surface area (Å²) in [5, 5.41) is 8.69. The van der Waals surface area contributed by atoms with Gasteiger partial charge >= 0.3 is 0 Å². The van der Waals surface area contributed by atoms with Crippen LogP contribution in [0.25, 0.3) is 11.3 Å². The molecule has 1 amide bonds. The molecule has 1 saturated heterocycles. The number of nitrogens with one attached hydrogen (secondary N) is 3. The fraction of sp³-hybridized carbons (Fsp3) is 0.138. The summed E-state index contributed by atoms with van der Waals surface area (Å²) in [6.45, 7) is 5.55. The van der Waals surface area contributed by atoms with Crippen LogP contribution in [0.1, 0.15) is 0 Å². The third-order valence-electron chi connectivity index (χ3n) is 6.07. The van der Waals surface area contributed by atoms with Gasteiger partial charge in [0.15, 0.2) is 0 Å². The Bertz CT molecular complexity index is 1560. The van der Waals surface area contributed by atoms with Crippen LogP contribution in [0.5, 0.6) is 0 Å². The average Bonchev–Trinajstić information content (AvgIpc) is 2.95. The maximum atomic E-state index is 14.6. The van der Waals surface area contributed by atoms with Crippen LogP contribution in [-0.2, 0) is 9.53 Å². The first-order valence-electron chi connectivity index (χ1n) is 12.4. The molecule has 204 valence electrons. The van der Waals surface area contributed by atoms with E-state index in [0.29, 0.717) is 54.6 Å². The van der Waals surface area contributed by atoms with Gasteiger partial charge in [-0.1, -0.05) is 12.6 Å². The van der Waals surface area contributed by atoms with Crippen molar-refractivity contribution < 1.29 is 22.7 Å². The van der Waals surface area contributed by atoms with E-state index in [4.69, 9.17) is 4.74 Å². The Morgan fingerprint density at radius 1 is 0.925 bits per heavy atom. The number of benzene rings is 3. The molecule has 0 unspecified atom stereocenters. The molecule has 11 heteroatoms. The lowest BCUT2D eigenvalue weighted by molar-refractivity contribution is -0.111. The number of ether oxygens (including phenoxy) is 1. The molecule has 0 aliphatic carbocycles. The van der Waals surface area contributed by atoms with Crippen LogP contribution in [-0.4, -0.2) is 42.2 Å². The van der Waals surface area contributed by atoms with Gasteiger partial charge in [0.25, 0.3) is 0 Å². The van der Waals surface area contributed by atoms with Crippen molar-refractivity contribution in [2.24, 2.45) is 0 Å². The largest absolute Gasteiger partial charge is 0.378 e. The highest BCUT2D eigenvalue weighted by Gasteiger charge is 2.17. The number of carbonyl (C=O) groups excluding carboxylic acids is 1. The van der Waals surface area contributed by atoms with E-state index < -0.39 is 17.5 Å². The van der Waals surface area contributed by atoms with Crippen LogP contribution in [0.4, 0.5) is 47.6 Å². The molecule has 0 spiro atoms. The third kappa shape index (κ3) is 6.38. The van der Waals surface area contributed by atoms with Crippen molar-refractivity contribution in [1.82, 2.24) is 9.97 Å². The minimum absolute atomic E-state index is 0.153. The molecule has 3 N–H and O–H groups in total. The average molecular weight is 547 g/mol. The smallest absolute Gasteiger partial charge is 0.247 e. The lowest BCUT2D eigenvalue weighted by Crippen LogP contribution is -2.36. The second kappa shape index (κ2) is 11.9. The van der Waals surface area contributed by atoms with E-state index in [1.807, 2.05) is 4.90 Å². The molecule has 0 saturated carbocycles. The second-order valence-corrected chi connectivity index (χ2v) is 8.90. The number of morpholine rings is 1. The number of amides is 1. The maximum Gasteiger partial charge on any atom is 0.247 e. The number of nitrogens with zero attached hydrogens (tertiary/aromatic N) is 3. The molecule has 40 heavy (non-hydrogen) atoms. The van der Waals surface area contributed by atoms with Crippen LogP contribution in [0.2, 0.25) is 0 Å². The summed E-state index contributed by atoms with van der Waals surface area (Å²) in [6, 6.07) is 14.3. The molecule has 0 atom stereocenters. The van der Waals surface area contributed by atoms with Gasteiger partial charge in [0.1, 0.15) is 17.5 Å². The van der Waals surface area contributed by atoms with E-state index in [-0.39, 0.29) is 23.1 Å². The normalized spacial score (nSPS) is 13.0. The number of rotatable bonds is 8. The monoisotopic (exact) mass is 546 g/mol. The van der Waals surface area contributed by atoms with Gasteiger partial charge in [0.05, 0.1) is 36.5 Å². The topological polar surface area (TPSA) is 91.4 Å². The predicted molar refractivity (Wildman–Crippen MR) is 149 cm³/mol.